The largest absolute Gasteiger partial charge is 0.444 e. The van der Waals surface area contributed by atoms with E-state index in [0.29, 0.717) is 42.2 Å². The van der Waals surface area contributed by atoms with Crippen molar-refractivity contribution in [2.75, 3.05) is 29.9 Å². The second kappa shape index (κ2) is 10.6. The third kappa shape index (κ3) is 4.89. The van der Waals surface area contributed by atoms with Crippen LogP contribution in [0.2, 0.25) is 0 Å². The van der Waals surface area contributed by atoms with E-state index in [1.165, 1.54) is 12.8 Å². The number of halogens is 1. The van der Waals surface area contributed by atoms with Gasteiger partial charge >= 0.3 is 6.09 Å². The number of carbonyl (C=O) groups excluding carboxylic acids is 1. The maximum absolute atomic E-state index is 15.2. The van der Waals surface area contributed by atoms with Crippen LogP contribution < -0.4 is 20.8 Å². The summed E-state index contributed by atoms with van der Waals surface area (Å²) >= 11 is 0.984. The zero-order chi connectivity index (χ0) is 30.0. The third-order valence-electron chi connectivity index (χ3n) is 8.30. The highest BCUT2D eigenvalue weighted by atomic mass is 32.1. The molecule has 3 aliphatic heterocycles. The van der Waals surface area contributed by atoms with Crippen LogP contribution in [0.3, 0.4) is 0 Å². The molecule has 43 heavy (non-hydrogen) atoms. The van der Waals surface area contributed by atoms with Crippen molar-refractivity contribution in [2.45, 2.75) is 58.5 Å². The van der Waals surface area contributed by atoms with Gasteiger partial charge in [-0.15, -0.1) is 20.6 Å². The van der Waals surface area contributed by atoms with E-state index in [-0.39, 0.29) is 15.3 Å². The number of hydrogen-bond donors (Lipinski definition) is 2. The lowest BCUT2D eigenvalue weighted by Crippen LogP contribution is -2.40. The fourth-order valence-electron chi connectivity index (χ4n) is 6.46. The summed E-state index contributed by atoms with van der Waals surface area (Å²) in [5, 5.41) is 18.7. The second-order valence-corrected chi connectivity index (χ2v) is 13.8. The number of pyridine rings is 1. The molecule has 0 bridgehead atoms. The number of benzene rings is 1. The molecule has 2 N–H and O–H groups in total. The van der Waals surface area contributed by atoms with Crippen LogP contribution in [-0.2, 0) is 22.7 Å². The Hall–Kier alpha value is -3.49. The Morgan fingerprint density at radius 3 is 2.86 bits per heavy atom. The van der Waals surface area contributed by atoms with Crippen molar-refractivity contribution in [1.29, 1.82) is 5.26 Å². The second-order valence-electron chi connectivity index (χ2n) is 12.2. The van der Waals surface area contributed by atoms with E-state index in [9.17, 15) is 10.1 Å². The summed E-state index contributed by atoms with van der Waals surface area (Å²) in [5.74, 6) is 0.674. The van der Waals surface area contributed by atoms with Gasteiger partial charge in [0, 0.05) is 47.0 Å². The maximum Gasteiger partial charge on any atom is 0.412 e. The van der Waals surface area contributed by atoms with Gasteiger partial charge in [-0.1, -0.05) is 0 Å². The molecule has 3 unspecified atom stereocenters. The molecule has 222 valence electrons. The topological polar surface area (TPSA) is 125 Å². The van der Waals surface area contributed by atoms with E-state index in [2.05, 4.69) is 35.8 Å². The molecule has 0 aliphatic carbocycles. The molecule has 10 nitrogen and oxygen atoms in total. The normalized spacial score (nSPS) is 19.9. The Bertz CT molecular complexity index is 1840. The number of nitrogens with zero attached hydrogens (tertiary/aromatic N) is 5. The molecular formula is C30H31FN7O3PS. The number of anilines is 2. The number of nitriles is 1. The summed E-state index contributed by atoms with van der Waals surface area (Å²) in [6, 6.07) is 2.62. The lowest BCUT2D eigenvalue weighted by Gasteiger charge is -2.24. The molecule has 3 aliphatic rings. The Labute approximate surface area is 254 Å². The highest BCUT2D eigenvalue weighted by molar-refractivity contribution is 7.29. The van der Waals surface area contributed by atoms with Crippen LogP contribution in [0.25, 0.3) is 32.2 Å². The van der Waals surface area contributed by atoms with E-state index in [1.54, 1.807) is 20.8 Å². The molecule has 1 aromatic carbocycles. The zero-order valence-corrected chi connectivity index (χ0v) is 26.1. The average molecular weight is 620 g/mol. The van der Waals surface area contributed by atoms with Crippen LogP contribution in [0.1, 0.15) is 50.3 Å². The number of fused-ring (bicyclic) bond motifs is 5. The molecule has 2 fully saturated rings. The van der Waals surface area contributed by atoms with Gasteiger partial charge in [-0.3, -0.25) is 10.3 Å². The number of thiophene rings is 1. The standard InChI is InChI=1S/C30H31FN7O3PS/c1-30(2,3)41-29(39)37-27-15(7-32)22-24(34-9-19(31)26(22)43-27)21-18-13-40-12-17(18)16-8-35-28(36-23(16)25(21)42)38-10-14-5-4-6-33-20(14)11-38/h8-9,14,20,33H,4-6,10-13,42H2,1-3H3,(H,37,39). The highest BCUT2D eigenvalue weighted by Gasteiger charge is 2.36. The fourth-order valence-corrected chi connectivity index (χ4v) is 8.03. The van der Waals surface area contributed by atoms with Gasteiger partial charge < -0.3 is 19.7 Å². The molecule has 3 aromatic heterocycles. The first-order valence-electron chi connectivity index (χ1n) is 14.3. The van der Waals surface area contributed by atoms with E-state index in [0.717, 1.165) is 70.1 Å². The van der Waals surface area contributed by atoms with Crippen LogP contribution in [0.5, 0.6) is 0 Å². The van der Waals surface area contributed by atoms with Crippen molar-refractivity contribution in [2.24, 2.45) is 5.92 Å². The van der Waals surface area contributed by atoms with Gasteiger partial charge in [0.15, 0.2) is 5.82 Å². The summed E-state index contributed by atoms with van der Waals surface area (Å²) in [4.78, 5) is 29.2. The summed E-state index contributed by atoms with van der Waals surface area (Å²) in [5.41, 5.74) is 3.16. The van der Waals surface area contributed by atoms with E-state index in [4.69, 9.17) is 19.4 Å². The van der Waals surface area contributed by atoms with Crippen molar-refractivity contribution in [3.63, 3.8) is 0 Å². The number of hydrogen-bond acceptors (Lipinski definition) is 10. The van der Waals surface area contributed by atoms with E-state index in [1.807, 2.05) is 6.20 Å². The molecule has 0 saturated carbocycles. The molecule has 6 heterocycles. The first-order valence-corrected chi connectivity index (χ1v) is 15.7. The number of rotatable bonds is 3. The molecule has 13 heteroatoms. The van der Waals surface area contributed by atoms with Gasteiger partial charge in [0.1, 0.15) is 16.7 Å². The van der Waals surface area contributed by atoms with Crippen LogP contribution in [0, 0.1) is 23.1 Å². The highest BCUT2D eigenvalue weighted by Crippen LogP contribution is 2.44. The molecule has 2 saturated heterocycles. The van der Waals surface area contributed by atoms with Crippen molar-refractivity contribution in [1.82, 2.24) is 20.3 Å². The molecule has 7 rings (SSSR count). The Kier molecular flexibility index (Phi) is 6.97. The maximum atomic E-state index is 15.2. The number of piperidine rings is 1. The van der Waals surface area contributed by atoms with Gasteiger partial charge in [-0.2, -0.15) is 5.26 Å². The number of amides is 1. The van der Waals surface area contributed by atoms with Crippen molar-refractivity contribution in [3.05, 3.63) is 34.9 Å². The predicted octanol–water partition coefficient (Wildman–Crippen LogP) is 4.98. The van der Waals surface area contributed by atoms with Crippen molar-refractivity contribution >= 4 is 63.9 Å². The fraction of sp³-hybridized carbons (Fsp3) is 0.433. The average Bonchev–Trinajstić information content (AvgIpc) is 3.70. The SMILES string of the molecule is CC(C)(C)OC(=O)Nc1sc2c(F)cnc(-c3c4c(c5cnc(N6CC7CCCNC7C6)nc5c3P)COC4)c2c1C#N. The zero-order valence-electron chi connectivity index (χ0n) is 24.1. The lowest BCUT2D eigenvalue weighted by atomic mass is 9.94. The molecule has 1 amide bonds. The minimum atomic E-state index is -0.740. The van der Waals surface area contributed by atoms with Gasteiger partial charge in [0.05, 0.1) is 40.9 Å². The molecule has 3 atom stereocenters. The first kappa shape index (κ1) is 28.3. The summed E-state index contributed by atoms with van der Waals surface area (Å²) in [7, 11) is 2.80. The first-order chi connectivity index (χ1) is 20.6. The van der Waals surface area contributed by atoms with E-state index >= 15 is 4.39 Å². The summed E-state index contributed by atoms with van der Waals surface area (Å²) < 4.78 is 26.8. The lowest BCUT2D eigenvalue weighted by molar-refractivity contribution is 0.0636. The summed E-state index contributed by atoms with van der Waals surface area (Å²) in [6.45, 7) is 8.76. The van der Waals surface area contributed by atoms with Crippen LogP contribution in [0.4, 0.5) is 20.1 Å². The van der Waals surface area contributed by atoms with Crippen molar-refractivity contribution in [3.8, 4) is 17.3 Å². The number of nitrogens with one attached hydrogen (secondary N) is 2. The minimum Gasteiger partial charge on any atom is -0.444 e. The third-order valence-corrected chi connectivity index (χ3v) is 9.97. The van der Waals surface area contributed by atoms with Crippen molar-refractivity contribution < 1.29 is 18.7 Å². The quantitative estimate of drug-likeness (QED) is 0.306. The monoisotopic (exact) mass is 619 g/mol. The number of aromatic nitrogens is 3. The van der Waals surface area contributed by atoms with Gasteiger partial charge in [0.25, 0.3) is 0 Å². The van der Waals surface area contributed by atoms with Crippen LogP contribution in [0.15, 0.2) is 12.4 Å². The minimum absolute atomic E-state index is 0.126. The number of carbonyl (C=O) groups is 1. The van der Waals surface area contributed by atoms with Crippen LogP contribution >= 0.6 is 20.6 Å². The Morgan fingerprint density at radius 1 is 1.28 bits per heavy atom. The summed E-state index contributed by atoms with van der Waals surface area (Å²) in [6.07, 6.45) is 4.69. The number of ether oxygens (including phenoxy) is 2. The Morgan fingerprint density at radius 2 is 2.09 bits per heavy atom. The van der Waals surface area contributed by atoms with Crippen LogP contribution in [-0.4, -0.2) is 52.3 Å². The smallest absolute Gasteiger partial charge is 0.412 e. The predicted molar refractivity (Wildman–Crippen MR) is 167 cm³/mol. The molecule has 0 radical (unpaired) electrons. The molecule has 4 aromatic rings. The Balaban J connectivity index is 1.38. The van der Waals surface area contributed by atoms with E-state index < -0.39 is 17.5 Å². The van der Waals surface area contributed by atoms with Gasteiger partial charge in [0.2, 0.25) is 5.95 Å². The van der Waals surface area contributed by atoms with Gasteiger partial charge in [-0.05, 0) is 57.2 Å². The molecular weight excluding hydrogens is 588 g/mol. The molecule has 0 spiro atoms. The van der Waals surface area contributed by atoms with Gasteiger partial charge in [-0.25, -0.2) is 19.2 Å².